The molecule has 0 radical (unpaired) electrons. The van der Waals surface area contributed by atoms with E-state index in [0.717, 1.165) is 47.7 Å². The van der Waals surface area contributed by atoms with Gasteiger partial charge in [0.25, 0.3) is 0 Å². The van der Waals surface area contributed by atoms with Crippen molar-refractivity contribution in [1.29, 1.82) is 0 Å². The molecule has 2 aromatic heterocycles. The van der Waals surface area contributed by atoms with E-state index in [1.165, 1.54) is 4.88 Å². The van der Waals surface area contributed by atoms with Crippen molar-refractivity contribution in [1.82, 2.24) is 9.55 Å². The van der Waals surface area contributed by atoms with Gasteiger partial charge in [-0.15, -0.1) is 11.3 Å². The quantitative estimate of drug-likeness (QED) is 0.786. The van der Waals surface area contributed by atoms with Crippen molar-refractivity contribution in [2.24, 2.45) is 5.73 Å². The maximum Gasteiger partial charge on any atom is 0.231 e. The maximum absolute atomic E-state index is 5.69. The molecule has 1 aliphatic heterocycles. The molecular formula is C16H17N3O2S. The van der Waals surface area contributed by atoms with Gasteiger partial charge in [0.1, 0.15) is 5.82 Å². The van der Waals surface area contributed by atoms with Crippen molar-refractivity contribution in [2.45, 2.75) is 19.4 Å². The number of fused-ring (bicyclic) bond motifs is 2. The van der Waals surface area contributed by atoms with Gasteiger partial charge in [0.05, 0.1) is 11.0 Å². The summed E-state index contributed by atoms with van der Waals surface area (Å²) in [6, 6.07) is 8.21. The van der Waals surface area contributed by atoms with Crippen LogP contribution in [0, 0.1) is 0 Å². The number of aromatic nitrogens is 2. The number of benzene rings is 1. The fourth-order valence-electron chi connectivity index (χ4n) is 2.77. The minimum atomic E-state index is 0.285. The largest absolute Gasteiger partial charge is 0.454 e. The van der Waals surface area contributed by atoms with Crippen LogP contribution in [0.5, 0.6) is 11.5 Å². The van der Waals surface area contributed by atoms with Gasteiger partial charge in [-0.25, -0.2) is 4.98 Å². The third-order valence-electron chi connectivity index (χ3n) is 3.82. The molecule has 2 N–H and O–H groups in total. The van der Waals surface area contributed by atoms with E-state index in [-0.39, 0.29) is 6.79 Å². The summed E-state index contributed by atoms with van der Waals surface area (Å²) in [5, 5.41) is 2.10. The van der Waals surface area contributed by atoms with E-state index in [2.05, 4.69) is 22.1 Å². The number of nitrogens with two attached hydrogens (primary N) is 1. The summed E-state index contributed by atoms with van der Waals surface area (Å²) in [4.78, 5) is 6.12. The monoisotopic (exact) mass is 315 g/mol. The van der Waals surface area contributed by atoms with Gasteiger partial charge in [-0.05, 0) is 24.4 Å². The Balaban J connectivity index is 1.80. The lowest BCUT2D eigenvalue weighted by Crippen LogP contribution is -2.09. The lowest BCUT2D eigenvalue weighted by Gasteiger charge is -2.08. The zero-order valence-corrected chi connectivity index (χ0v) is 12.9. The van der Waals surface area contributed by atoms with Gasteiger partial charge in [-0.3, -0.25) is 0 Å². The molecule has 3 aromatic rings. The molecule has 0 saturated carbocycles. The third kappa shape index (κ3) is 2.34. The number of aryl methyl sites for hydroxylation is 1. The average molecular weight is 315 g/mol. The Hall–Kier alpha value is -2.05. The first-order valence-electron chi connectivity index (χ1n) is 7.36. The summed E-state index contributed by atoms with van der Waals surface area (Å²) in [5.41, 5.74) is 7.73. The first-order valence-corrected chi connectivity index (χ1v) is 8.24. The van der Waals surface area contributed by atoms with E-state index in [1.807, 2.05) is 12.1 Å². The first-order chi connectivity index (χ1) is 10.8. The number of rotatable bonds is 5. The molecule has 4 rings (SSSR count). The second-order valence-corrected chi connectivity index (χ2v) is 6.30. The van der Waals surface area contributed by atoms with Crippen LogP contribution in [0.1, 0.15) is 17.1 Å². The Morgan fingerprint density at radius 1 is 1.27 bits per heavy atom. The first kappa shape index (κ1) is 13.6. The summed E-state index contributed by atoms with van der Waals surface area (Å²) in [6.45, 7) is 1.82. The summed E-state index contributed by atoms with van der Waals surface area (Å²) >= 11 is 1.75. The summed E-state index contributed by atoms with van der Waals surface area (Å²) in [7, 11) is 0. The summed E-state index contributed by atoms with van der Waals surface area (Å²) in [6.07, 6.45) is 1.76. The molecule has 22 heavy (non-hydrogen) atoms. The highest BCUT2D eigenvalue weighted by molar-refractivity contribution is 7.09. The number of ether oxygens (including phenoxy) is 2. The molecule has 0 saturated heterocycles. The van der Waals surface area contributed by atoms with Crippen LogP contribution in [0.2, 0.25) is 0 Å². The lowest BCUT2D eigenvalue weighted by atomic mass is 10.2. The molecule has 0 bridgehead atoms. The highest BCUT2D eigenvalue weighted by Crippen LogP contribution is 2.36. The van der Waals surface area contributed by atoms with E-state index in [0.29, 0.717) is 6.54 Å². The number of thiophene rings is 1. The normalized spacial score (nSPS) is 13.1. The van der Waals surface area contributed by atoms with Gasteiger partial charge >= 0.3 is 0 Å². The maximum atomic E-state index is 5.69. The minimum Gasteiger partial charge on any atom is -0.454 e. The van der Waals surface area contributed by atoms with Crippen molar-refractivity contribution in [3.8, 4) is 11.5 Å². The van der Waals surface area contributed by atoms with E-state index >= 15 is 0 Å². The Morgan fingerprint density at radius 2 is 2.14 bits per heavy atom. The van der Waals surface area contributed by atoms with Crippen molar-refractivity contribution >= 4 is 22.4 Å². The van der Waals surface area contributed by atoms with E-state index in [1.54, 1.807) is 11.3 Å². The Morgan fingerprint density at radius 3 is 2.91 bits per heavy atom. The Labute approximate surface area is 132 Å². The van der Waals surface area contributed by atoms with Crippen LogP contribution in [-0.4, -0.2) is 22.9 Å². The minimum absolute atomic E-state index is 0.285. The molecular weight excluding hydrogens is 298 g/mol. The van der Waals surface area contributed by atoms with Crippen LogP contribution < -0.4 is 15.2 Å². The molecule has 3 heterocycles. The van der Waals surface area contributed by atoms with Gasteiger partial charge in [-0.1, -0.05) is 6.07 Å². The second kappa shape index (κ2) is 5.62. The zero-order chi connectivity index (χ0) is 14.9. The number of imidazole rings is 1. The van der Waals surface area contributed by atoms with Crippen molar-refractivity contribution in [2.75, 3.05) is 13.3 Å². The standard InChI is InChI=1S/C16H17N3O2S/c17-4-2-5-19-13-9-15-14(20-10-21-15)8-12(13)18-16(19)7-11-3-1-6-22-11/h1,3,6,8-9H,2,4-5,7,10,17H2. The smallest absolute Gasteiger partial charge is 0.231 e. The van der Waals surface area contributed by atoms with Crippen LogP contribution in [0.25, 0.3) is 11.0 Å². The molecule has 0 fully saturated rings. The zero-order valence-electron chi connectivity index (χ0n) is 12.1. The average Bonchev–Trinajstić information content (AvgIpc) is 3.23. The van der Waals surface area contributed by atoms with Crippen LogP contribution in [0.4, 0.5) is 0 Å². The Bertz CT molecular complexity index is 795. The topological polar surface area (TPSA) is 62.3 Å². The molecule has 5 nitrogen and oxygen atoms in total. The fraction of sp³-hybridized carbons (Fsp3) is 0.312. The van der Waals surface area contributed by atoms with Crippen molar-refractivity contribution < 1.29 is 9.47 Å². The number of nitrogens with zero attached hydrogens (tertiary/aromatic N) is 2. The van der Waals surface area contributed by atoms with Gasteiger partial charge in [0, 0.05) is 30.0 Å². The van der Waals surface area contributed by atoms with Crippen LogP contribution in [0.15, 0.2) is 29.6 Å². The predicted octanol–water partition coefficient (Wildman–Crippen LogP) is 2.77. The summed E-state index contributed by atoms with van der Waals surface area (Å²) in [5.74, 6) is 2.64. The van der Waals surface area contributed by atoms with Crippen LogP contribution in [-0.2, 0) is 13.0 Å². The molecule has 6 heteroatoms. The van der Waals surface area contributed by atoms with Crippen LogP contribution in [0.3, 0.4) is 0 Å². The van der Waals surface area contributed by atoms with Gasteiger partial charge in [0.2, 0.25) is 6.79 Å². The highest BCUT2D eigenvalue weighted by atomic mass is 32.1. The van der Waals surface area contributed by atoms with Crippen molar-refractivity contribution in [3.05, 3.63) is 40.3 Å². The molecule has 1 aliphatic rings. The Kier molecular flexibility index (Phi) is 3.48. The van der Waals surface area contributed by atoms with Crippen molar-refractivity contribution in [3.63, 3.8) is 0 Å². The molecule has 0 unspecified atom stereocenters. The highest BCUT2D eigenvalue weighted by Gasteiger charge is 2.19. The van der Waals surface area contributed by atoms with Gasteiger partial charge in [-0.2, -0.15) is 0 Å². The molecule has 0 amide bonds. The van der Waals surface area contributed by atoms with Crippen LogP contribution >= 0.6 is 11.3 Å². The molecule has 0 atom stereocenters. The van der Waals surface area contributed by atoms with E-state index in [9.17, 15) is 0 Å². The third-order valence-corrected chi connectivity index (χ3v) is 4.70. The number of hydrogen-bond acceptors (Lipinski definition) is 5. The fourth-order valence-corrected chi connectivity index (χ4v) is 3.47. The second-order valence-electron chi connectivity index (χ2n) is 5.27. The number of hydrogen-bond donors (Lipinski definition) is 1. The summed E-state index contributed by atoms with van der Waals surface area (Å²) < 4.78 is 13.2. The SMILES string of the molecule is NCCCn1c(Cc2cccs2)nc2cc3c(cc21)OCO3. The van der Waals surface area contributed by atoms with E-state index < -0.39 is 0 Å². The van der Waals surface area contributed by atoms with E-state index in [4.69, 9.17) is 20.2 Å². The predicted molar refractivity (Wildman–Crippen MR) is 86.7 cm³/mol. The lowest BCUT2D eigenvalue weighted by molar-refractivity contribution is 0.174. The molecule has 114 valence electrons. The van der Waals surface area contributed by atoms with Gasteiger partial charge < -0.3 is 19.8 Å². The molecule has 1 aromatic carbocycles. The van der Waals surface area contributed by atoms with Gasteiger partial charge in [0.15, 0.2) is 11.5 Å². The molecule has 0 spiro atoms. The molecule has 0 aliphatic carbocycles.